The lowest BCUT2D eigenvalue weighted by molar-refractivity contribution is -0.147. The third kappa shape index (κ3) is 5.55. The highest BCUT2D eigenvalue weighted by Crippen LogP contribution is 2.18. The highest BCUT2D eigenvalue weighted by Gasteiger charge is 2.30. The highest BCUT2D eigenvalue weighted by atomic mass is 16.5. The molecule has 0 atom stereocenters. The van der Waals surface area contributed by atoms with E-state index in [2.05, 4.69) is 6.58 Å². The van der Waals surface area contributed by atoms with Crippen molar-refractivity contribution in [2.75, 3.05) is 26.4 Å². The molecule has 0 aliphatic carbocycles. The molecule has 0 aromatic carbocycles. The molecular formula is C14H24O5. The Morgan fingerprint density at radius 1 is 1.21 bits per heavy atom. The molecule has 0 heterocycles. The molecular weight excluding hydrogens is 248 g/mol. The monoisotopic (exact) mass is 272 g/mol. The van der Waals surface area contributed by atoms with Crippen molar-refractivity contribution >= 4 is 5.97 Å². The number of esters is 1. The van der Waals surface area contributed by atoms with Gasteiger partial charge in [0.05, 0.1) is 25.2 Å². The molecule has 5 heteroatoms. The third-order valence-corrected chi connectivity index (χ3v) is 2.96. The minimum Gasteiger partial charge on any atom is -0.461 e. The predicted molar refractivity (Wildman–Crippen MR) is 72.5 cm³/mol. The molecule has 0 fully saturated rings. The number of aliphatic hydroxyl groups is 3. The molecule has 0 unspecified atom stereocenters. The number of allylic oxidation sites excluding steroid dienone is 2. The molecule has 0 saturated heterocycles. The van der Waals surface area contributed by atoms with Crippen molar-refractivity contribution in [3.05, 3.63) is 23.8 Å². The molecule has 0 aromatic heterocycles. The molecule has 110 valence electrons. The summed E-state index contributed by atoms with van der Waals surface area (Å²) in [7, 11) is 0. The minimum absolute atomic E-state index is 0.222. The van der Waals surface area contributed by atoms with Crippen LogP contribution in [-0.4, -0.2) is 47.7 Å². The van der Waals surface area contributed by atoms with E-state index in [9.17, 15) is 4.79 Å². The van der Waals surface area contributed by atoms with Crippen molar-refractivity contribution in [3.63, 3.8) is 0 Å². The van der Waals surface area contributed by atoms with E-state index in [1.165, 1.54) is 0 Å². The van der Waals surface area contributed by atoms with E-state index < -0.39 is 31.2 Å². The standard InChI is InChI=1S/C14H24O5/c1-4-5-6-12(11(2)3)13(18)19-10-14(7-15,8-16)9-17/h4,15-17H,1,5-10H2,2-3H3. The first-order valence-corrected chi connectivity index (χ1v) is 6.23. The van der Waals surface area contributed by atoms with E-state index in [1.54, 1.807) is 6.08 Å². The largest absolute Gasteiger partial charge is 0.461 e. The zero-order chi connectivity index (χ0) is 14.9. The Bertz CT molecular complexity index is 316. The lowest BCUT2D eigenvalue weighted by Gasteiger charge is -2.26. The molecule has 0 saturated carbocycles. The summed E-state index contributed by atoms with van der Waals surface area (Å²) in [5, 5.41) is 27.4. The lowest BCUT2D eigenvalue weighted by Crippen LogP contribution is -2.39. The maximum atomic E-state index is 11.9. The zero-order valence-corrected chi connectivity index (χ0v) is 11.7. The van der Waals surface area contributed by atoms with Crippen LogP contribution < -0.4 is 0 Å². The van der Waals surface area contributed by atoms with Gasteiger partial charge in [0.1, 0.15) is 6.61 Å². The van der Waals surface area contributed by atoms with Crippen LogP contribution in [0.25, 0.3) is 0 Å². The maximum Gasteiger partial charge on any atom is 0.333 e. The second-order valence-corrected chi connectivity index (χ2v) is 4.86. The minimum atomic E-state index is -1.19. The average molecular weight is 272 g/mol. The fourth-order valence-electron chi connectivity index (χ4n) is 1.40. The number of carbonyl (C=O) groups is 1. The molecule has 3 N–H and O–H groups in total. The quantitative estimate of drug-likeness (QED) is 0.328. The summed E-state index contributed by atoms with van der Waals surface area (Å²) in [6.45, 7) is 5.65. The van der Waals surface area contributed by atoms with Crippen LogP contribution in [0.2, 0.25) is 0 Å². The van der Waals surface area contributed by atoms with Gasteiger partial charge in [0.15, 0.2) is 0 Å². The predicted octanol–water partition coefficient (Wildman–Crippen LogP) is 0.796. The summed E-state index contributed by atoms with van der Waals surface area (Å²) in [5.74, 6) is -0.485. The van der Waals surface area contributed by atoms with E-state index in [0.717, 1.165) is 5.57 Å². The topological polar surface area (TPSA) is 87.0 Å². The van der Waals surface area contributed by atoms with E-state index >= 15 is 0 Å². The smallest absolute Gasteiger partial charge is 0.333 e. The second kappa shape index (κ2) is 8.85. The Morgan fingerprint density at radius 3 is 2.11 bits per heavy atom. The average Bonchev–Trinajstić information content (AvgIpc) is 2.41. The molecule has 0 aromatic rings. The molecule has 0 rings (SSSR count). The summed E-state index contributed by atoms with van der Waals surface area (Å²) in [4.78, 5) is 11.9. The first kappa shape index (κ1) is 17.8. The van der Waals surface area contributed by atoms with Gasteiger partial charge < -0.3 is 20.1 Å². The van der Waals surface area contributed by atoms with Crippen LogP contribution >= 0.6 is 0 Å². The number of ether oxygens (including phenoxy) is 1. The van der Waals surface area contributed by atoms with Gasteiger partial charge in [-0.2, -0.15) is 0 Å². The van der Waals surface area contributed by atoms with Crippen molar-refractivity contribution < 1.29 is 24.9 Å². The number of aliphatic hydroxyl groups excluding tert-OH is 3. The summed E-state index contributed by atoms with van der Waals surface area (Å²) in [6, 6.07) is 0. The van der Waals surface area contributed by atoms with Crippen LogP contribution in [-0.2, 0) is 9.53 Å². The lowest BCUT2D eigenvalue weighted by atomic mass is 9.92. The Labute approximate surface area is 114 Å². The molecule has 0 spiro atoms. The van der Waals surface area contributed by atoms with Crippen LogP contribution in [0.4, 0.5) is 0 Å². The summed E-state index contributed by atoms with van der Waals surface area (Å²) in [6.07, 6.45) is 2.92. The van der Waals surface area contributed by atoms with Crippen molar-refractivity contribution in [2.24, 2.45) is 5.41 Å². The molecule has 0 aliphatic heterocycles. The van der Waals surface area contributed by atoms with Gasteiger partial charge in [-0.05, 0) is 26.7 Å². The van der Waals surface area contributed by atoms with Crippen molar-refractivity contribution in [1.82, 2.24) is 0 Å². The Morgan fingerprint density at radius 2 is 1.74 bits per heavy atom. The van der Waals surface area contributed by atoms with Gasteiger partial charge in [-0.25, -0.2) is 4.79 Å². The van der Waals surface area contributed by atoms with E-state index in [1.807, 2.05) is 13.8 Å². The van der Waals surface area contributed by atoms with Gasteiger partial charge >= 0.3 is 5.97 Å². The van der Waals surface area contributed by atoms with Gasteiger partial charge in [-0.15, -0.1) is 6.58 Å². The summed E-state index contributed by atoms with van der Waals surface area (Å²) in [5.41, 5.74) is 0.220. The summed E-state index contributed by atoms with van der Waals surface area (Å²) >= 11 is 0. The summed E-state index contributed by atoms with van der Waals surface area (Å²) < 4.78 is 5.09. The molecule has 0 bridgehead atoms. The van der Waals surface area contributed by atoms with Crippen LogP contribution in [0.15, 0.2) is 23.8 Å². The Balaban J connectivity index is 4.66. The fourth-order valence-corrected chi connectivity index (χ4v) is 1.40. The maximum absolute atomic E-state index is 11.9. The number of hydrogen-bond donors (Lipinski definition) is 3. The van der Waals surface area contributed by atoms with Gasteiger partial charge in [0.25, 0.3) is 0 Å². The third-order valence-electron chi connectivity index (χ3n) is 2.96. The first-order valence-electron chi connectivity index (χ1n) is 6.23. The second-order valence-electron chi connectivity index (χ2n) is 4.86. The number of hydrogen-bond acceptors (Lipinski definition) is 5. The highest BCUT2D eigenvalue weighted by molar-refractivity contribution is 5.89. The molecule has 5 nitrogen and oxygen atoms in total. The molecule has 0 radical (unpaired) electrons. The fraction of sp³-hybridized carbons (Fsp3) is 0.643. The van der Waals surface area contributed by atoms with E-state index in [-0.39, 0.29) is 6.61 Å². The number of carbonyl (C=O) groups excluding carboxylic acids is 1. The van der Waals surface area contributed by atoms with E-state index in [4.69, 9.17) is 20.1 Å². The number of rotatable bonds is 9. The van der Waals surface area contributed by atoms with Gasteiger partial charge in [0.2, 0.25) is 0 Å². The van der Waals surface area contributed by atoms with E-state index in [0.29, 0.717) is 18.4 Å². The Hall–Kier alpha value is -1.17. The van der Waals surface area contributed by atoms with Crippen molar-refractivity contribution in [1.29, 1.82) is 0 Å². The van der Waals surface area contributed by atoms with Crippen molar-refractivity contribution in [2.45, 2.75) is 26.7 Å². The van der Waals surface area contributed by atoms with Crippen LogP contribution in [0, 0.1) is 5.41 Å². The van der Waals surface area contributed by atoms with Crippen molar-refractivity contribution in [3.8, 4) is 0 Å². The normalized spacial score (nSPS) is 11.0. The molecule has 0 aliphatic rings. The molecule has 19 heavy (non-hydrogen) atoms. The van der Waals surface area contributed by atoms with Gasteiger partial charge in [-0.3, -0.25) is 0 Å². The van der Waals surface area contributed by atoms with Gasteiger partial charge in [-0.1, -0.05) is 11.6 Å². The van der Waals surface area contributed by atoms with Crippen LogP contribution in [0.5, 0.6) is 0 Å². The first-order chi connectivity index (χ1) is 8.96. The van der Waals surface area contributed by atoms with Crippen LogP contribution in [0.1, 0.15) is 26.7 Å². The SMILES string of the molecule is C=CCCC(C(=O)OCC(CO)(CO)CO)=C(C)C. The zero-order valence-electron chi connectivity index (χ0n) is 11.7. The Kier molecular flexibility index (Phi) is 8.30. The van der Waals surface area contributed by atoms with Crippen LogP contribution in [0.3, 0.4) is 0 Å². The molecule has 0 amide bonds. The van der Waals surface area contributed by atoms with Gasteiger partial charge in [0, 0.05) is 5.57 Å².